The van der Waals surface area contributed by atoms with Gasteiger partial charge in [-0.1, -0.05) is 6.07 Å². The van der Waals surface area contributed by atoms with E-state index in [4.69, 9.17) is 0 Å². The molecule has 2 rings (SSSR count). The van der Waals surface area contributed by atoms with Crippen LogP contribution in [0.1, 0.15) is 18.4 Å². The molecular weight excluding hydrogens is 277 g/mol. The lowest BCUT2D eigenvalue weighted by atomic mass is 10.2. The van der Waals surface area contributed by atoms with Crippen molar-refractivity contribution in [1.29, 1.82) is 0 Å². The third-order valence-corrected chi connectivity index (χ3v) is 3.09. The SMILES string of the molecule is O=C1CCC(=O)N1Cc1ccc(F)c(Br)c1. The Morgan fingerprint density at radius 3 is 2.44 bits per heavy atom. The van der Waals surface area contributed by atoms with Crippen molar-refractivity contribution in [3.63, 3.8) is 0 Å². The zero-order valence-corrected chi connectivity index (χ0v) is 9.96. The Bertz CT molecular complexity index is 445. The summed E-state index contributed by atoms with van der Waals surface area (Å²) in [5.41, 5.74) is 0.733. The van der Waals surface area contributed by atoms with E-state index in [-0.39, 0.29) is 37.0 Å². The highest BCUT2D eigenvalue weighted by Gasteiger charge is 2.28. The third-order valence-electron chi connectivity index (χ3n) is 2.48. The third kappa shape index (κ3) is 2.14. The van der Waals surface area contributed by atoms with Gasteiger partial charge in [-0.25, -0.2) is 4.39 Å². The van der Waals surface area contributed by atoms with Crippen LogP contribution in [0.5, 0.6) is 0 Å². The first-order valence-corrected chi connectivity index (χ1v) is 5.64. The van der Waals surface area contributed by atoms with Crippen LogP contribution >= 0.6 is 15.9 Å². The Balaban J connectivity index is 2.17. The van der Waals surface area contributed by atoms with Crippen LogP contribution in [0.3, 0.4) is 0 Å². The van der Waals surface area contributed by atoms with E-state index in [0.717, 1.165) is 5.56 Å². The van der Waals surface area contributed by atoms with E-state index in [2.05, 4.69) is 15.9 Å². The predicted molar refractivity (Wildman–Crippen MR) is 58.9 cm³/mol. The van der Waals surface area contributed by atoms with Gasteiger partial charge in [0, 0.05) is 12.8 Å². The smallest absolute Gasteiger partial charge is 0.229 e. The maximum Gasteiger partial charge on any atom is 0.229 e. The molecule has 2 amide bonds. The minimum atomic E-state index is -0.358. The molecule has 0 aliphatic carbocycles. The summed E-state index contributed by atoms with van der Waals surface area (Å²) in [5.74, 6) is -0.682. The molecule has 1 aromatic carbocycles. The molecule has 1 aliphatic heterocycles. The highest BCUT2D eigenvalue weighted by atomic mass is 79.9. The molecule has 1 aliphatic rings. The molecule has 1 heterocycles. The number of hydrogen-bond acceptors (Lipinski definition) is 2. The first kappa shape index (κ1) is 11.3. The van der Waals surface area contributed by atoms with Crippen LogP contribution in [-0.4, -0.2) is 16.7 Å². The van der Waals surface area contributed by atoms with Gasteiger partial charge in [-0.3, -0.25) is 14.5 Å². The van der Waals surface area contributed by atoms with Crippen molar-refractivity contribution in [3.05, 3.63) is 34.1 Å². The van der Waals surface area contributed by atoms with Crippen LogP contribution in [0.25, 0.3) is 0 Å². The molecule has 0 aromatic heterocycles. The molecular formula is C11H9BrFNO2. The molecule has 0 N–H and O–H groups in total. The molecule has 0 saturated carbocycles. The molecule has 0 unspecified atom stereocenters. The quantitative estimate of drug-likeness (QED) is 0.782. The lowest BCUT2D eigenvalue weighted by molar-refractivity contribution is -0.139. The fraction of sp³-hybridized carbons (Fsp3) is 0.273. The molecule has 1 fully saturated rings. The second-order valence-electron chi connectivity index (χ2n) is 3.62. The first-order valence-electron chi connectivity index (χ1n) is 4.85. The average molecular weight is 286 g/mol. The van der Waals surface area contributed by atoms with Crippen molar-refractivity contribution in [2.24, 2.45) is 0 Å². The van der Waals surface area contributed by atoms with Gasteiger partial charge in [-0.2, -0.15) is 0 Å². The molecule has 3 nitrogen and oxygen atoms in total. The number of nitrogens with zero attached hydrogens (tertiary/aromatic N) is 1. The van der Waals surface area contributed by atoms with Crippen molar-refractivity contribution in [1.82, 2.24) is 4.90 Å². The highest BCUT2D eigenvalue weighted by molar-refractivity contribution is 9.10. The molecule has 5 heteroatoms. The van der Waals surface area contributed by atoms with Gasteiger partial charge in [-0.15, -0.1) is 0 Å². The predicted octanol–water partition coefficient (Wildman–Crippen LogP) is 2.24. The van der Waals surface area contributed by atoms with Crippen LogP contribution in [0, 0.1) is 5.82 Å². The fourth-order valence-electron chi connectivity index (χ4n) is 1.62. The summed E-state index contributed by atoms with van der Waals surface area (Å²) in [5, 5.41) is 0. The zero-order chi connectivity index (χ0) is 11.7. The van der Waals surface area contributed by atoms with Gasteiger partial charge < -0.3 is 0 Å². The van der Waals surface area contributed by atoms with Crippen LogP contribution < -0.4 is 0 Å². The van der Waals surface area contributed by atoms with Crippen LogP contribution in [0.4, 0.5) is 4.39 Å². The lowest BCUT2D eigenvalue weighted by Gasteiger charge is -2.13. The summed E-state index contributed by atoms with van der Waals surface area (Å²) in [6.07, 6.45) is 0.558. The first-order chi connectivity index (χ1) is 7.58. The van der Waals surface area contributed by atoms with E-state index < -0.39 is 0 Å². The highest BCUT2D eigenvalue weighted by Crippen LogP contribution is 2.20. The number of rotatable bonds is 2. The Kier molecular flexibility index (Phi) is 3.05. The van der Waals surface area contributed by atoms with E-state index >= 15 is 0 Å². The molecule has 1 aromatic rings. The number of carbonyl (C=O) groups excluding carboxylic acids is 2. The van der Waals surface area contributed by atoms with E-state index in [1.807, 2.05) is 0 Å². The molecule has 0 spiro atoms. The number of benzene rings is 1. The van der Waals surface area contributed by atoms with Gasteiger partial charge in [-0.05, 0) is 33.6 Å². The molecule has 0 bridgehead atoms. The molecule has 1 saturated heterocycles. The van der Waals surface area contributed by atoms with Crippen molar-refractivity contribution < 1.29 is 14.0 Å². The standard InChI is InChI=1S/C11H9BrFNO2/c12-8-5-7(1-2-9(8)13)6-14-10(15)3-4-11(14)16/h1-2,5H,3-4,6H2. The summed E-state index contributed by atoms with van der Waals surface area (Å²) in [6, 6.07) is 4.46. The van der Waals surface area contributed by atoms with E-state index in [1.54, 1.807) is 12.1 Å². The Morgan fingerprint density at radius 2 is 1.88 bits per heavy atom. The Hall–Kier alpha value is -1.23. The van der Waals surface area contributed by atoms with Crippen molar-refractivity contribution in [2.75, 3.05) is 0 Å². The lowest BCUT2D eigenvalue weighted by Crippen LogP contribution is -2.28. The van der Waals surface area contributed by atoms with Gasteiger partial charge in [0.15, 0.2) is 0 Å². The number of imide groups is 1. The van der Waals surface area contributed by atoms with Gasteiger partial charge in [0.25, 0.3) is 0 Å². The zero-order valence-electron chi connectivity index (χ0n) is 8.37. The second kappa shape index (κ2) is 4.33. The van der Waals surface area contributed by atoms with Crippen LogP contribution in [0.2, 0.25) is 0 Å². The molecule has 0 atom stereocenters. The summed E-state index contributed by atoms with van der Waals surface area (Å²) < 4.78 is 13.3. The number of amides is 2. The van der Waals surface area contributed by atoms with Gasteiger partial charge >= 0.3 is 0 Å². The minimum absolute atomic E-state index is 0.162. The van der Waals surface area contributed by atoms with E-state index in [1.165, 1.54) is 11.0 Å². The largest absolute Gasteiger partial charge is 0.278 e. The maximum absolute atomic E-state index is 13.0. The monoisotopic (exact) mass is 285 g/mol. The Morgan fingerprint density at radius 1 is 1.25 bits per heavy atom. The summed E-state index contributed by atoms with van der Waals surface area (Å²) in [6.45, 7) is 0.219. The van der Waals surface area contributed by atoms with Crippen molar-refractivity contribution >= 4 is 27.7 Å². The number of likely N-dealkylation sites (tertiary alicyclic amines) is 1. The Labute approximate surface area is 100 Å². The average Bonchev–Trinajstić information content (AvgIpc) is 2.55. The van der Waals surface area contributed by atoms with E-state index in [9.17, 15) is 14.0 Å². The van der Waals surface area contributed by atoms with Gasteiger partial charge in [0.2, 0.25) is 11.8 Å². The molecule has 84 valence electrons. The van der Waals surface area contributed by atoms with Crippen molar-refractivity contribution in [2.45, 2.75) is 19.4 Å². The topological polar surface area (TPSA) is 37.4 Å². The summed E-state index contributed by atoms with van der Waals surface area (Å²) in [7, 11) is 0. The van der Waals surface area contributed by atoms with Crippen molar-refractivity contribution in [3.8, 4) is 0 Å². The normalized spacial score (nSPS) is 16.0. The van der Waals surface area contributed by atoms with Gasteiger partial charge in [0.1, 0.15) is 5.82 Å². The molecule has 16 heavy (non-hydrogen) atoms. The number of halogens is 2. The molecule has 0 radical (unpaired) electrons. The maximum atomic E-state index is 13.0. The van der Waals surface area contributed by atoms with Crippen LogP contribution in [-0.2, 0) is 16.1 Å². The van der Waals surface area contributed by atoms with Gasteiger partial charge in [0.05, 0.1) is 11.0 Å². The van der Waals surface area contributed by atoms with E-state index in [0.29, 0.717) is 4.47 Å². The fourth-order valence-corrected chi connectivity index (χ4v) is 2.05. The number of hydrogen-bond donors (Lipinski definition) is 0. The minimum Gasteiger partial charge on any atom is -0.278 e. The number of carbonyl (C=O) groups is 2. The summed E-state index contributed by atoms with van der Waals surface area (Å²) in [4.78, 5) is 23.9. The van der Waals surface area contributed by atoms with Crippen LogP contribution in [0.15, 0.2) is 22.7 Å². The second-order valence-corrected chi connectivity index (χ2v) is 4.48. The summed E-state index contributed by atoms with van der Waals surface area (Å²) >= 11 is 3.06.